The molecule has 0 aromatic heterocycles. The number of nitrogens with one attached hydrogen (secondary N) is 1. The van der Waals surface area contributed by atoms with Crippen LogP contribution in [0.5, 0.6) is 17.2 Å². The Labute approximate surface area is 195 Å². The molecule has 0 fully saturated rings. The molecule has 5 rings (SSSR count). The second-order valence-corrected chi connectivity index (χ2v) is 7.93. The van der Waals surface area contributed by atoms with Crippen LogP contribution in [0.25, 0.3) is 6.08 Å². The van der Waals surface area contributed by atoms with E-state index in [1.54, 1.807) is 48.5 Å². The minimum absolute atomic E-state index is 0.111. The molecule has 0 radical (unpaired) electrons. The van der Waals surface area contributed by atoms with Crippen molar-refractivity contribution in [1.29, 1.82) is 0 Å². The number of carbonyl (C=O) groups is 2. The molecule has 0 atom stereocenters. The minimum Gasteiger partial charge on any atom is -0.454 e. The first-order chi connectivity index (χ1) is 16.1. The van der Waals surface area contributed by atoms with Gasteiger partial charge < -0.3 is 19.5 Å². The van der Waals surface area contributed by atoms with Crippen molar-refractivity contribution >= 4 is 35.2 Å². The van der Waals surface area contributed by atoms with E-state index in [0.29, 0.717) is 34.5 Å². The molecule has 8 heteroatoms. The molecular weight excluding hydrogens is 444 g/mol. The van der Waals surface area contributed by atoms with Gasteiger partial charge in [-0.05, 0) is 53.6 Å². The first kappa shape index (κ1) is 20.9. The molecule has 0 unspecified atom stereocenters. The predicted octanol–water partition coefficient (Wildman–Crippen LogP) is 4.15. The summed E-state index contributed by atoms with van der Waals surface area (Å²) < 4.78 is 16.5. The van der Waals surface area contributed by atoms with E-state index in [1.807, 2.05) is 24.3 Å². The Balaban J connectivity index is 1.33. The highest BCUT2D eigenvalue weighted by Crippen LogP contribution is 2.36. The predicted molar refractivity (Wildman–Crippen MR) is 123 cm³/mol. The number of rotatable bonds is 5. The van der Waals surface area contributed by atoms with Crippen LogP contribution < -0.4 is 24.4 Å². The highest BCUT2D eigenvalue weighted by molar-refractivity contribution is 6.30. The van der Waals surface area contributed by atoms with Crippen molar-refractivity contribution < 1.29 is 23.8 Å². The number of anilines is 1. The lowest BCUT2D eigenvalue weighted by atomic mass is 10.1. The van der Waals surface area contributed by atoms with Crippen LogP contribution in [0.2, 0.25) is 5.02 Å². The van der Waals surface area contributed by atoms with Crippen molar-refractivity contribution in [1.82, 2.24) is 5.32 Å². The monoisotopic (exact) mass is 462 g/mol. The summed E-state index contributed by atoms with van der Waals surface area (Å²) in [4.78, 5) is 27.4. The lowest BCUT2D eigenvalue weighted by Gasteiger charge is -2.30. The number of benzene rings is 3. The molecule has 0 aliphatic carbocycles. The van der Waals surface area contributed by atoms with Crippen LogP contribution in [0.1, 0.15) is 11.1 Å². The molecule has 0 bridgehead atoms. The van der Waals surface area contributed by atoms with Crippen molar-refractivity contribution in [2.24, 2.45) is 0 Å². The third-order valence-corrected chi connectivity index (χ3v) is 5.44. The zero-order valence-corrected chi connectivity index (χ0v) is 18.2. The van der Waals surface area contributed by atoms with Crippen molar-refractivity contribution in [2.45, 2.75) is 6.54 Å². The summed E-state index contributed by atoms with van der Waals surface area (Å²) in [6.07, 6.45) is 1.61. The largest absolute Gasteiger partial charge is 0.454 e. The Morgan fingerprint density at radius 2 is 1.85 bits per heavy atom. The van der Waals surface area contributed by atoms with Gasteiger partial charge in [0.05, 0.1) is 5.69 Å². The van der Waals surface area contributed by atoms with Crippen LogP contribution in [0.4, 0.5) is 5.69 Å². The van der Waals surface area contributed by atoms with Crippen LogP contribution in [0, 0.1) is 0 Å². The van der Waals surface area contributed by atoms with Crippen LogP contribution in [-0.2, 0) is 16.1 Å². The van der Waals surface area contributed by atoms with Gasteiger partial charge in [-0.25, -0.2) is 0 Å². The van der Waals surface area contributed by atoms with Gasteiger partial charge in [-0.1, -0.05) is 41.9 Å². The van der Waals surface area contributed by atoms with Gasteiger partial charge in [-0.15, -0.1) is 0 Å². The molecule has 0 saturated heterocycles. The first-order valence-corrected chi connectivity index (χ1v) is 10.7. The summed E-state index contributed by atoms with van der Waals surface area (Å²) in [5.74, 6) is 1.22. The molecule has 7 nitrogen and oxygen atoms in total. The van der Waals surface area contributed by atoms with Gasteiger partial charge in [0.2, 0.25) is 12.7 Å². The number of halogens is 1. The molecular formula is C25H19ClN2O5. The van der Waals surface area contributed by atoms with Crippen LogP contribution in [0.3, 0.4) is 0 Å². The Bertz CT molecular complexity index is 1270. The zero-order valence-electron chi connectivity index (χ0n) is 17.4. The molecule has 2 aliphatic heterocycles. The number of ether oxygens (including phenoxy) is 3. The van der Waals surface area contributed by atoms with Crippen molar-refractivity contribution in [2.75, 3.05) is 18.2 Å². The molecule has 2 heterocycles. The molecule has 166 valence electrons. The SMILES string of the molecule is O=C(CN1C(=O)C(=Cc2cccc(Cl)c2)Oc2ccccc21)NCc1ccc2c(c1)OCO2. The molecule has 33 heavy (non-hydrogen) atoms. The molecule has 1 N–H and O–H groups in total. The molecule has 3 aromatic rings. The Morgan fingerprint density at radius 1 is 1.00 bits per heavy atom. The van der Waals surface area contributed by atoms with Gasteiger partial charge in [0.15, 0.2) is 23.0 Å². The number of para-hydroxylation sites is 2. The third-order valence-electron chi connectivity index (χ3n) is 5.21. The number of hydrogen-bond donors (Lipinski definition) is 1. The number of fused-ring (bicyclic) bond motifs is 2. The van der Waals surface area contributed by atoms with E-state index in [-0.39, 0.29) is 25.0 Å². The van der Waals surface area contributed by atoms with Crippen molar-refractivity contribution in [3.63, 3.8) is 0 Å². The van der Waals surface area contributed by atoms with E-state index in [9.17, 15) is 9.59 Å². The van der Waals surface area contributed by atoms with Crippen LogP contribution in [-0.4, -0.2) is 25.2 Å². The lowest BCUT2D eigenvalue weighted by molar-refractivity contribution is -0.123. The summed E-state index contributed by atoms with van der Waals surface area (Å²) >= 11 is 6.06. The molecule has 0 spiro atoms. The average Bonchev–Trinajstić information content (AvgIpc) is 3.28. The fraction of sp³-hybridized carbons (Fsp3) is 0.120. The maximum Gasteiger partial charge on any atom is 0.294 e. The fourth-order valence-corrected chi connectivity index (χ4v) is 3.82. The average molecular weight is 463 g/mol. The summed E-state index contributed by atoms with van der Waals surface area (Å²) in [7, 11) is 0. The number of hydrogen-bond acceptors (Lipinski definition) is 5. The number of amides is 2. The maximum absolute atomic E-state index is 13.2. The minimum atomic E-state index is -0.410. The summed E-state index contributed by atoms with van der Waals surface area (Å²) in [5, 5.41) is 3.40. The highest BCUT2D eigenvalue weighted by Gasteiger charge is 2.31. The lowest BCUT2D eigenvalue weighted by Crippen LogP contribution is -2.44. The van der Waals surface area contributed by atoms with Gasteiger partial charge in [0, 0.05) is 11.6 Å². The van der Waals surface area contributed by atoms with Gasteiger partial charge in [-0.2, -0.15) is 0 Å². The Morgan fingerprint density at radius 3 is 2.73 bits per heavy atom. The summed E-state index contributed by atoms with van der Waals surface area (Å²) in [6, 6.07) is 19.7. The van der Waals surface area contributed by atoms with Gasteiger partial charge in [0.25, 0.3) is 5.91 Å². The molecule has 2 amide bonds. The van der Waals surface area contributed by atoms with Crippen molar-refractivity contribution in [3.8, 4) is 17.2 Å². The highest BCUT2D eigenvalue weighted by atomic mass is 35.5. The second kappa shape index (κ2) is 8.88. The van der Waals surface area contributed by atoms with Gasteiger partial charge in [-0.3, -0.25) is 14.5 Å². The smallest absolute Gasteiger partial charge is 0.294 e. The summed E-state index contributed by atoms with van der Waals surface area (Å²) in [5.41, 5.74) is 2.12. The fourth-order valence-electron chi connectivity index (χ4n) is 3.62. The van der Waals surface area contributed by atoms with Gasteiger partial charge >= 0.3 is 0 Å². The van der Waals surface area contributed by atoms with E-state index >= 15 is 0 Å². The van der Waals surface area contributed by atoms with Gasteiger partial charge in [0.1, 0.15) is 6.54 Å². The summed E-state index contributed by atoms with van der Waals surface area (Å²) in [6.45, 7) is 0.326. The molecule has 3 aromatic carbocycles. The quantitative estimate of drug-likeness (QED) is 0.576. The Hall–Kier alpha value is -3.97. The topological polar surface area (TPSA) is 77.1 Å². The number of nitrogens with zero attached hydrogens (tertiary/aromatic N) is 1. The first-order valence-electron chi connectivity index (χ1n) is 10.3. The second-order valence-electron chi connectivity index (χ2n) is 7.49. The Kier molecular flexibility index (Phi) is 5.62. The standard InChI is InChI=1S/C25H19ClN2O5/c26-18-5-3-4-16(10-18)11-23-25(30)28(19-6-1-2-7-20(19)33-23)14-24(29)27-13-17-8-9-21-22(12-17)32-15-31-21/h1-12H,13-15H2,(H,27,29). The number of carbonyl (C=O) groups excluding carboxylic acids is 2. The van der Waals surface area contributed by atoms with E-state index in [2.05, 4.69) is 5.32 Å². The van der Waals surface area contributed by atoms with E-state index in [4.69, 9.17) is 25.8 Å². The van der Waals surface area contributed by atoms with E-state index in [0.717, 1.165) is 11.1 Å². The van der Waals surface area contributed by atoms with E-state index < -0.39 is 5.91 Å². The molecule has 2 aliphatic rings. The van der Waals surface area contributed by atoms with Crippen LogP contribution in [0.15, 0.2) is 72.5 Å². The molecule has 0 saturated carbocycles. The third kappa shape index (κ3) is 4.49. The van der Waals surface area contributed by atoms with E-state index in [1.165, 1.54) is 4.90 Å². The van der Waals surface area contributed by atoms with Crippen LogP contribution >= 0.6 is 11.6 Å². The normalized spacial score (nSPS) is 15.2. The zero-order chi connectivity index (χ0) is 22.8. The van der Waals surface area contributed by atoms with Crippen molar-refractivity contribution in [3.05, 3.63) is 88.6 Å². The maximum atomic E-state index is 13.2.